The van der Waals surface area contributed by atoms with Gasteiger partial charge in [0.2, 0.25) is 0 Å². The van der Waals surface area contributed by atoms with Crippen molar-refractivity contribution in [1.82, 2.24) is 19.9 Å². The van der Waals surface area contributed by atoms with Gasteiger partial charge < -0.3 is 15.0 Å². The van der Waals surface area contributed by atoms with Crippen LogP contribution in [0.3, 0.4) is 0 Å². The van der Waals surface area contributed by atoms with E-state index in [0.29, 0.717) is 30.9 Å². The molecule has 10 heteroatoms. The molecule has 0 radical (unpaired) electrons. The Bertz CT molecular complexity index is 831. The van der Waals surface area contributed by atoms with Gasteiger partial charge in [0.05, 0.1) is 37.3 Å². The molecule has 2 aromatic rings. The number of hydrogen-bond donors (Lipinski definition) is 2. The summed E-state index contributed by atoms with van der Waals surface area (Å²) in [5.41, 5.74) is 3.88. The zero-order valence-corrected chi connectivity index (χ0v) is 15.1. The summed E-state index contributed by atoms with van der Waals surface area (Å²) in [7, 11) is 1.27. The van der Waals surface area contributed by atoms with Gasteiger partial charge in [0, 0.05) is 19.3 Å². The number of para-hydroxylation sites is 1. The Morgan fingerprint density at radius 2 is 2.19 bits per heavy atom. The first-order chi connectivity index (χ1) is 13.1. The number of carbonyl (C=O) groups excluding carboxylic acids is 2. The first kappa shape index (κ1) is 19.8. The number of esters is 1. The van der Waals surface area contributed by atoms with Gasteiger partial charge in [-0.1, -0.05) is 12.1 Å². The molecule has 1 aromatic heterocycles. The molecule has 1 amide bonds. The molecule has 1 aromatic carbocycles. The minimum absolute atomic E-state index is 0.116. The van der Waals surface area contributed by atoms with E-state index in [9.17, 15) is 9.59 Å². The summed E-state index contributed by atoms with van der Waals surface area (Å²) >= 11 is 0. The van der Waals surface area contributed by atoms with Gasteiger partial charge in [0.25, 0.3) is 5.91 Å². The number of rotatable bonds is 9. The summed E-state index contributed by atoms with van der Waals surface area (Å²) in [4.78, 5) is 27.3. The molecule has 0 saturated carbocycles. The van der Waals surface area contributed by atoms with Crippen LogP contribution in [0, 0.1) is 5.41 Å². The van der Waals surface area contributed by atoms with E-state index in [1.807, 2.05) is 6.92 Å². The highest BCUT2D eigenvalue weighted by Crippen LogP contribution is 2.17. The average molecular weight is 371 g/mol. The van der Waals surface area contributed by atoms with Gasteiger partial charge in [-0.15, -0.1) is 5.10 Å². The van der Waals surface area contributed by atoms with Crippen LogP contribution in [0.5, 0.6) is 0 Å². The molecule has 10 nitrogen and oxygen atoms in total. The quantitative estimate of drug-likeness (QED) is 0.388. The molecule has 0 saturated heterocycles. The third-order valence-electron chi connectivity index (χ3n) is 3.66. The highest BCUT2D eigenvalue weighted by molar-refractivity contribution is 6.14. The Hall–Kier alpha value is -3.56. The van der Waals surface area contributed by atoms with Crippen molar-refractivity contribution in [2.75, 3.05) is 25.6 Å². The van der Waals surface area contributed by atoms with Crippen LogP contribution in [0.4, 0.5) is 5.69 Å². The smallest absolute Gasteiger partial charge is 0.360 e. The summed E-state index contributed by atoms with van der Waals surface area (Å²) in [5, 5.41) is 18.8. The molecular formula is C17H21N7O3. The number of hydrogen-bond acceptors (Lipinski definition) is 8. The lowest BCUT2D eigenvalue weighted by molar-refractivity contribution is 0.0591. The lowest BCUT2D eigenvalue weighted by Gasteiger charge is -2.21. The molecule has 27 heavy (non-hydrogen) atoms. The van der Waals surface area contributed by atoms with Crippen molar-refractivity contribution in [2.45, 2.75) is 13.5 Å². The maximum Gasteiger partial charge on any atom is 0.360 e. The Morgan fingerprint density at radius 1 is 1.41 bits per heavy atom. The van der Waals surface area contributed by atoms with Crippen molar-refractivity contribution in [3.05, 3.63) is 41.7 Å². The van der Waals surface area contributed by atoms with E-state index in [4.69, 9.17) is 5.41 Å². The number of anilines is 1. The van der Waals surface area contributed by atoms with Gasteiger partial charge >= 0.3 is 5.97 Å². The third kappa shape index (κ3) is 5.21. The second-order valence-corrected chi connectivity index (χ2v) is 5.30. The number of likely N-dealkylation sites (N-methyl/N-ethyl adjacent to an activating group) is 1. The Balaban J connectivity index is 2.07. The number of nitrogens with one attached hydrogen (secondary N) is 2. The SMILES string of the molecule is CCN(CCn1ncc(C(=O)OC)n1)C(=O)c1ccccc1N/N=C\C=N. The number of aromatic nitrogens is 3. The van der Waals surface area contributed by atoms with Gasteiger partial charge in [-0.2, -0.15) is 15.0 Å². The second-order valence-electron chi connectivity index (χ2n) is 5.30. The second kappa shape index (κ2) is 9.80. The fourth-order valence-corrected chi connectivity index (χ4v) is 2.30. The molecule has 2 N–H and O–H groups in total. The number of benzene rings is 1. The molecule has 0 aliphatic rings. The predicted molar refractivity (Wildman–Crippen MR) is 100 cm³/mol. The minimum Gasteiger partial charge on any atom is -0.464 e. The predicted octanol–water partition coefficient (Wildman–Crippen LogP) is 1.27. The Labute approximate surface area is 156 Å². The normalized spacial score (nSPS) is 10.6. The van der Waals surface area contributed by atoms with Gasteiger partial charge in [-0.25, -0.2) is 4.79 Å². The van der Waals surface area contributed by atoms with Crippen molar-refractivity contribution in [1.29, 1.82) is 5.41 Å². The highest BCUT2D eigenvalue weighted by Gasteiger charge is 2.18. The fourth-order valence-electron chi connectivity index (χ4n) is 2.30. The average Bonchev–Trinajstić information content (AvgIpc) is 3.17. The van der Waals surface area contributed by atoms with Gasteiger partial charge in [0.1, 0.15) is 0 Å². The van der Waals surface area contributed by atoms with Crippen molar-refractivity contribution >= 4 is 30.0 Å². The highest BCUT2D eigenvalue weighted by atomic mass is 16.5. The first-order valence-corrected chi connectivity index (χ1v) is 8.25. The summed E-state index contributed by atoms with van der Waals surface area (Å²) in [6.45, 7) is 3.06. The molecule has 0 bridgehead atoms. The summed E-state index contributed by atoms with van der Waals surface area (Å²) < 4.78 is 4.59. The molecule has 0 atom stereocenters. The maximum atomic E-state index is 12.9. The van der Waals surface area contributed by atoms with Crippen LogP contribution in [0.25, 0.3) is 0 Å². The van der Waals surface area contributed by atoms with Gasteiger partial charge in [-0.3, -0.25) is 10.2 Å². The molecular weight excluding hydrogens is 350 g/mol. The van der Waals surface area contributed by atoms with Gasteiger partial charge in [-0.05, 0) is 19.1 Å². The van der Waals surface area contributed by atoms with Crippen LogP contribution in [0.2, 0.25) is 0 Å². The minimum atomic E-state index is -0.560. The van der Waals surface area contributed by atoms with Crippen LogP contribution in [0.15, 0.2) is 35.6 Å². The molecule has 0 fully saturated rings. The number of nitrogens with zero attached hydrogens (tertiary/aromatic N) is 5. The van der Waals surface area contributed by atoms with Crippen molar-refractivity contribution in [3.63, 3.8) is 0 Å². The summed E-state index contributed by atoms with van der Waals surface area (Å²) in [6.07, 6.45) is 3.64. The van der Waals surface area contributed by atoms with E-state index in [-0.39, 0.29) is 11.6 Å². The third-order valence-corrected chi connectivity index (χ3v) is 3.66. The van der Waals surface area contributed by atoms with E-state index in [1.54, 1.807) is 29.2 Å². The molecule has 0 unspecified atom stereocenters. The molecule has 2 rings (SSSR count). The zero-order chi connectivity index (χ0) is 19.6. The summed E-state index contributed by atoms with van der Waals surface area (Å²) in [5.74, 6) is -0.735. The first-order valence-electron chi connectivity index (χ1n) is 8.25. The van der Waals surface area contributed by atoms with Crippen LogP contribution in [-0.4, -0.2) is 64.4 Å². The number of methoxy groups -OCH3 is 1. The lowest BCUT2D eigenvalue weighted by Crippen LogP contribution is -2.34. The van der Waals surface area contributed by atoms with Gasteiger partial charge in [0.15, 0.2) is 5.69 Å². The van der Waals surface area contributed by atoms with Crippen molar-refractivity contribution in [3.8, 4) is 0 Å². The molecule has 1 heterocycles. The topological polar surface area (TPSA) is 126 Å². The number of carbonyl (C=O) groups is 2. The number of ether oxygens (including phenoxy) is 1. The van der Waals surface area contributed by atoms with E-state index >= 15 is 0 Å². The standard InChI is InChI=1S/C17H21N7O3/c1-3-23(10-11-24-20-12-15(22-24)17(26)27-2)16(25)13-6-4-5-7-14(13)21-19-9-8-18/h4-9,12,18,21H,3,10-11H2,1-2H3/b18-8?,19-9-. The van der Waals surface area contributed by atoms with Crippen LogP contribution >= 0.6 is 0 Å². The van der Waals surface area contributed by atoms with E-state index in [1.165, 1.54) is 24.3 Å². The lowest BCUT2D eigenvalue weighted by atomic mass is 10.1. The monoisotopic (exact) mass is 371 g/mol. The number of hydrazone groups is 1. The van der Waals surface area contributed by atoms with Crippen LogP contribution in [0.1, 0.15) is 27.8 Å². The maximum absolute atomic E-state index is 12.9. The fraction of sp³-hybridized carbons (Fsp3) is 0.294. The Morgan fingerprint density at radius 3 is 2.89 bits per heavy atom. The molecule has 0 aliphatic carbocycles. The zero-order valence-electron chi connectivity index (χ0n) is 15.1. The van der Waals surface area contributed by atoms with E-state index in [2.05, 4.69) is 25.5 Å². The number of amides is 1. The molecule has 0 aliphatic heterocycles. The van der Waals surface area contributed by atoms with Crippen LogP contribution < -0.4 is 5.43 Å². The van der Waals surface area contributed by atoms with E-state index < -0.39 is 5.97 Å². The van der Waals surface area contributed by atoms with E-state index in [0.717, 1.165) is 6.21 Å². The summed E-state index contributed by atoms with van der Waals surface area (Å²) in [6, 6.07) is 7.00. The van der Waals surface area contributed by atoms with Crippen molar-refractivity contribution in [2.24, 2.45) is 5.10 Å². The molecule has 0 spiro atoms. The largest absolute Gasteiger partial charge is 0.464 e. The van der Waals surface area contributed by atoms with Crippen molar-refractivity contribution < 1.29 is 14.3 Å². The van der Waals surface area contributed by atoms with Crippen LogP contribution in [-0.2, 0) is 11.3 Å². The Kier molecular flexibility index (Phi) is 7.17. The molecule has 142 valence electrons.